The number of nitrogens with one attached hydrogen (secondary N) is 1. The predicted molar refractivity (Wildman–Crippen MR) is 90.3 cm³/mol. The second kappa shape index (κ2) is 6.96. The van der Waals surface area contributed by atoms with Crippen LogP contribution in [0.3, 0.4) is 0 Å². The van der Waals surface area contributed by atoms with Gasteiger partial charge in [0.25, 0.3) is 0 Å². The molecule has 0 amide bonds. The molecule has 1 atom stereocenters. The molecule has 118 valence electrons. The lowest BCUT2D eigenvalue weighted by atomic mass is 10.0. The summed E-state index contributed by atoms with van der Waals surface area (Å²) in [4.78, 5) is 4.31. The van der Waals surface area contributed by atoms with Crippen molar-refractivity contribution < 1.29 is 5.11 Å². The molecule has 5 nitrogen and oxygen atoms in total. The molecule has 2 heterocycles. The van der Waals surface area contributed by atoms with Gasteiger partial charge in [0.05, 0.1) is 30.2 Å². The van der Waals surface area contributed by atoms with Gasteiger partial charge in [0.15, 0.2) is 0 Å². The normalized spacial score (nSPS) is 12.0. The number of phenolic OH excluding ortho intramolecular Hbond substituents is 1. The molecule has 3 aromatic rings. The molecule has 3 rings (SSSR count). The van der Waals surface area contributed by atoms with E-state index in [1.165, 1.54) is 0 Å². The molecular weight excluding hydrogens is 288 g/mol. The molecular formula is C18H20N4O. The first-order chi connectivity index (χ1) is 11.3. The van der Waals surface area contributed by atoms with Crippen molar-refractivity contribution in [1.29, 1.82) is 0 Å². The standard InChI is InChI=1S/C18H20N4O/c1-2-17(16-8-3-4-9-18(16)23)21-15-11-20-22(13-15)12-14-7-5-6-10-19-14/h3-11,13,17,21,23H,2,12H2,1H3/t17-/m1/s1. The molecule has 2 N–H and O–H groups in total. The Balaban J connectivity index is 1.71. The number of anilines is 1. The number of para-hydroxylation sites is 1. The van der Waals surface area contributed by atoms with Crippen molar-refractivity contribution in [3.05, 3.63) is 72.3 Å². The summed E-state index contributed by atoms with van der Waals surface area (Å²) in [5.74, 6) is 0.313. The van der Waals surface area contributed by atoms with Crippen LogP contribution >= 0.6 is 0 Å². The summed E-state index contributed by atoms with van der Waals surface area (Å²) < 4.78 is 1.85. The molecule has 5 heteroatoms. The molecule has 2 aromatic heterocycles. The summed E-state index contributed by atoms with van der Waals surface area (Å²) in [6, 6.07) is 13.3. The fraction of sp³-hybridized carbons (Fsp3) is 0.222. The van der Waals surface area contributed by atoms with Gasteiger partial charge in [-0.15, -0.1) is 0 Å². The van der Waals surface area contributed by atoms with Gasteiger partial charge in [-0.3, -0.25) is 9.67 Å². The van der Waals surface area contributed by atoms with E-state index in [-0.39, 0.29) is 6.04 Å². The Hall–Kier alpha value is -2.82. The van der Waals surface area contributed by atoms with Gasteiger partial charge in [-0.1, -0.05) is 31.2 Å². The van der Waals surface area contributed by atoms with Crippen LogP contribution in [0.25, 0.3) is 0 Å². The summed E-state index contributed by atoms with van der Waals surface area (Å²) in [5.41, 5.74) is 2.79. The van der Waals surface area contributed by atoms with Crippen molar-refractivity contribution in [3.63, 3.8) is 0 Å². The molecule has 23 heavy (non-hydrogen) atoms. The molecule has 1 aromatic carbocycles. The van der Waals surface area contributed by atoms with E-state index in [1.807, 2.05) is 47.3 Å². The van der Waals surface area contributed by atoms with Crippen LogP contribution in [0.5, 0.6) is 5.75 Å². The van der Waals surface area contributed by atoms with Gasteiger partial charge in [0, 0.05) is 18.0 Å². The van der Waals surface area contributed by atoms with Gasteiger partial charge < -0.3 is 10.4 Å². The zero-order valence-corrected chi connectivity index (χ0v) is 13.1. The Morgan fingerprint density at radius 3 is 2.74 bits per heavy atom. The Kier molecular flexibility index (Phi) is 4.57. The van der Waals surface area contributed by atoms with Crippen molar-refractivity contribution in [2.45, 2.75) is 25.9 Å². The van der Waals surface area contributed by atoms with Crippen LogP contribution < -0.4 is 5.32 Å². The third kappa shape index (κ3) is 3.69. The average molecular weight is 308 g/mol. The minimum atomic E-state index is 0.0451. The van der Waals surface area contributed by atoms with E-state index in [2.05, 4.69) is 22.3 Å². The summed E-state index contributed by atoms with van der Waals surface area (Å²) in [6.45, 7) is 2.72. The van der Waals surface area contributed by atoms with Crippen molar-refractivity contribution in [3.8, 4) is 5.75 Å². The van der Waals surface area contributed by atoms with Crippen LogP contribution in [-0.2, 0) is 6.54 Å². The number of hydrogen-bond acceptors (Lipinski definition) is 4. The van der Waals surface area contributed by atoms with E-state index in [1.54, 1.807) is 18.5 Å². The van der Waals surface area contributed by atoms with E-state index in [9.17, 15) is 5.11 Å². The summed E-state index contributed by atoms with van der Waals surface area (Å²) in [6.07, 6.45) is 6.40. The highest BCUT2D eigenvalue weighted by atomic mass is 16.3. The van der Waals surface area contributed by atoms with Crippen molar-refractivity contribution >= 4 is 5.69 Å². The molecule has 0 spiro atoms. The maximum atomic E-state index is 10.0. The van der Waals surface area contributed by atoms with Gasteiger partial charge in [0.2, 0.25) is 0 Å². The second-order valence-corrected chi connectivity index (χ2v) is 5.41. The van der Waals surface area contributed by atoms with E-state index in [0.717, 1.165) is 23.4 Å². The number of aromatic nitrogens is 3. The number of hydrogen-bond donors (Lipinski definition) is 2. The van der Waals surface area contributed by atoms with Crippen LogP contribution in [0.1, 0.15) is 30.6 Å². The maximum absolute atomic E-state index is 10.0. The van der Waals surface area contributed by atoms with E-state index in [4.69, 9.17) is 0 Å². The first-order valence-electron chi connectivity index (χ1n) is 7.73. The quantitative estimate of drug-likeness (QED) is 0.730. The number of aromatic hydroxyl groups is 1. The molecule has 0 bridgehead atoms. The van der Waals surface area contributed by atoms with Gasteiger partial charge in [-0.25, -0.2) is 0 Å². The van der Waals surface area contributed by atoms with Gasteiger partial charge >= 0.3 is 0 Å². The average Bonchev–Trinajstić information content (AvgIpc) is 3.01. The van der Waals surface area contributed by atoms with Gasteiger partial charge in [-0.2, -0.15) is 5.10 Å². The fourth-order valence-corrected chi connectivity index (χ4v) is 2.57. The monoisotopic (exact) mass is 308 g/mol. The highest BCUT2D eigenvalue weighted by Crippen LogP contribution is 2.28. The molecule has 0 aliphatic heterocycles. The SMILES string of the molecule is CC[C@@H](Nc1cnn(Cc2ccccn2)c1)c1ccccc1O. The minimum absolute atomic E-state index is 0.0451. The minimum Gasteiger partial charge on any atom is -0.508 e. The molecule has 0 unspecified atom stereocenters. The van der Waals surface area contributed by atoms with E-state index >= 15 is 0 Å². The lowest BCUT2D eigenvalue weighted by Gasteiger charge is -2.18. The number of nitrogens with zero attached hydrogens (tertiary/aromatic N) is 3. The van der Waals surface area contributed by atoms with Crippen LogP contribution in [-0.4, -0.2) is 19.9 Å². The van der Waals surface area contributed by atoms with Crippen molar-refractivity contribution in [2.24, 2.45) is 0 Å². The number of rotatable bonds is 6. The van der Waals surface area contributed by atoms with E-state index < -0.39 is 0 Å². The highest BCUT2D eigenvalue weighted by Gasteiger charge is 2.13. The Morgan fingerprint density at radius 2 is 2.00 bits per heavy atom. The molecule has 0 radical (unpaired) electrons. The van der Waals surface area contributed by atoms with Crippen LogP contribution in [0, 0.1) is 0 Å². The number of benzene rings is 1. The Bertz CT molecular complexity index is 754. The maximum Gasteiger partial charge on any atom is 0.120 e. The molecule has 0 saturated carbocycles. The van der Waals surface area contributed by atoms with Crippen LogP contribution in [0.15, 0.2) is 61.1 Å². The first kappa shape index (κ1) is 15.1. The third-order valence-electron chi connectivity index (χ3n) is 3.74. The van der Waals surface area contributed by atoms with E-state index in [0.29, 0.717) is 12.3 Å². The van der Waals surface area contributed by atoms with Crippen LogP contribution in [0.2, 0.25) is 0 Å². The lowest BCUT2D eigenvalue weighted by Crippen LogP contribution is -2.09. The zero-order chi connectivity index (χ0) is 16.1. The third-order valence-corrected chi connectivity index (χ3v) is 3.74. The Morgan fingerprint density at radius 1 is 1.17 bits per heavy atom. The highest BCUT2D eigenvalue weighted by molar-refractivity contribution is 5.45. The smallest absolute Gasteiger partial charge is 0.120 e. The fourth-order valence-electron chi connectivity index (χ4n) is 2.57. The van der Waals surface area contributed by atoms with Crippen molar-refractivity contribution in [2.75, 3.05) is 5.32 Å². The van der Waals surface area contributed by atoms with Crippen LogP contribution in [0.4, 0.5) is 5.69 Å². The molecule has 0 aliphatic carbocycles. The van der Waals surface area contributed by atoms with Gasteiger partial charge in [-0.05, 0) is 24.6 Å². The second-order valence-electron chi connectivity index (χ2n) is 5.41. The summed E-state index contributed by atoms with van der Waals surface area (Å²) in [7, 11) is 0. The van der Waals surface area contributed by atoms with Gasteiger partial charge in [0.1, 0.15) is 5.75 Å². The summed E-state index contributed by atoms with van der Waals surface area (Å²) >= 11 is 0. The topological polar surface area (TPSA) is 63.0 Å². The summed E-state index contributed by atoms with van der Waals surface area (Å²) in [5, 5.41) is 17.8. The lowest BCUT2D eigenvalue weighted by molar-refractivity contribution is 0.463. The number of pyridine rings is 1. The molecule has 0 saturated heterocycles. The van der Waals surface area contributed by atoms with Crippen molar-refractivity contribution in [1.82, 2.24) is 14.8 Å². The predicted octanol–water partition coefficient (Wildman–Crippen LogP) is 3.60. The molecule has 0 aliphatic rings. The number of phenols is 1. The largest absolute Gasteiger partial charge is 0.508 e. The first-order valence-corrected chi connectivity index (χ1v) is 7.73. The molecule has 0 fully saturated rings. The Labute approximate surface area is 135 Å². The zero-order valence-electron chi connectivity index (χ0n) is 13.1.